The highest BCUT2D eigenvalue weighted by molar-refractivity contribution is 5.81. The molecule has 3 N–H and O–H groups in total. The quantitative estimate of drug-likeness (QED) is 0.577. The summed E-state index contributed by atoms with van der Waals surface area (Å²) < 4.78 is 5.86. The van der Waals surface area contributed by atoms with Crippen LogP contribution in [-0.2, 0) is 11.3 Å². The molecule has 1 amide bonds. The normalized spacial score (nSPS) is 16.0. The minimum absolute atomic E-state index is 0.313. The molecule has 0 spiro atoms. The Hall–Kier alpha value is -3.15. The summed E-state index contributed by atoms with van der Waals surface area (Å²) in [5, 5.41) is 3.64. The Labute approximate surface area is 183 Å². The lowest BCUT2D eigenvalue weighted by molar-refractivity contribution is -0.124. The van der Waals surface area contributed by atoms with Gasteiger partial charge in [0.15, 0.2) is 0 Å². The van der Waals surface area contributed by atoms with Crippen LogP contribution in [0.25, 0.3) is 0 Å². The van der Waals surface area contributed by atoms with E-state index in [2.05, 4.69) is 34.5 Å². The van der Waals surface area contributed by atoms with Crippen LogP contribution in [0.3, 0.4) is 0 Å². The van der Waals surface area contributed by atoms with E-state index in [9.17, 15) is 4.79 Å². The molecule has 0 bridgehead atoms. The van der Waals surface area contributed by atoms with Crippen LogP contribution in [0, 0.1) is 0 Å². The minimum atomic E-state index is -0.416. The van der Waals surface area contributed by atoms with Gasteiger partial charge in [-0.05, 0) is 48.2 Å². The number of primary amides is 1. The Kier molecular flexibility index (Phi) is 6.97. The highest BCUT2D eigenvalue weighted by Crippen LogP contribution is 2.28. The maximum atomic E-state index is 12.3. The van der Waals surface area contributed by atoms with Crippen LogP contribution >= 0.6 is 0 Å². The lowest BCUT2D eigenvalue weighted by atomic mass is 9.98. The maximum absolute atomic E-state index is 12.3. The van der Waals surface area contributed by atoms with Crippen molar-refractivity contribution in [2.45, 2.75) is 31.5 Å². The van der Waals surface area contributed by atoms with Gasteiger partial charge in [0.1, 0.15) is 17.5 Å². The van der Waals surface area contributed by atoms with E-state index < -0.39 is 6.04 Å². The van der Waals surface area contributed by atoms with Crippen molar-refractivity contribution in [3.8, 4) is 11.5 Å². The van der Waals surface area contributed by atoms with Crippen molar-refractivity contribution in [1.82, 2.24) is 10.2 Å². The number of carbonyl (C=O) groups is 1. The third-order valence-electron chi connectivity index (χ3n) is 5.78. The molecular weight excluding hydrogens is 386 g/mol. The second kappa shape index (κ2) is 10.2. The molecule has 1 saturated heterocycles. The number of hydrogen-bond donors (Lipinski definition) is 2. The van der Waals surface area contributed by atoms with Crippen LogP contribution in [0.4, 0.5) is 0 Å². The van der Waals surface area contributed by atoms with Gasteiger partial charge in [0.05, 0.1) is 0 Å². The van der Waals surface area contributed by atoms with Crippen LogP contribution in [0.5, 0.6) is 11.5 Å². The second-order valence-electron chi connectivity index (χ2n) is 7.97. The molecule has 5 nitrogen and oxygen atoms in total. The molecule has 5 heteroatoms. The lowest BCUT2D eigenvalue weighted by Gasteiger charge is -2.36. The first-order valence-corrected chi connectivity index (χ1v) is 10.8. The van der Waals surface area contributed by atoms with Crippen LogP contribution in [0.2, 0.25) is 0 Å². The number of ether oxygens (including phenoxy) is 1. The monoisotopic (exact) mass is 415 g/mol. The maximum Gasteiger partial charge on any atom is 0.239 e. The van der Waals surface area contributed by atoms with Gasteiger partial charge in [-0.25, -0.2) is 0 Å². The molecule has 0 saturated carbocycles. The third-order valence-corrected chi connectivity index (χ3v) is 5.78. The van der Waals surface area contributed by atoms with Crippen LogP contribution in [0.15, 0.2) is 84.9 Å². The Morgan fingerprint density at radius 2 is 1.48 bits per heavy atom. The molecule has 31 heavy (non-hydrogen) atoms. The number of hydrogen-bond acceptors (Lipinski definition) is 4. The van der Waals surface area contributed by atoms with Gasteiger partial charge in [0.25, 0.3) is 0 Å². The standard InChI is InChI=1S/C26H29N3O2/c27-26(30)25(21-11-13-24(14-12-21)31-23-9-5-2-6-10-23)29-17-15-22(16-18-29)28-19-20-7-3-1-4-8-20/h1-14,22,25,28H,15-19H2,(H2,27,30). The molecule has 1 unspecified atom stereocenters. The smallest absolute Gasteiger partial charge is 0.239 e. The number of nitrogens with one attached hydrogen (secondary N) is 1. The van der Waals surface area contributed by atoms with Gasteiger partial charge in [-0.15, -0.1) is 0 Å². The number of amides is 1. The number of rotatable bonds is 8. The van der Waals surface area contributed by atoms with E-state index in [0.29, 0.717) is 6.04 Å². The van der Waals surface area contributed by atoms with Gasteiger partial charge < -0.3 is 15.8 Å². The summed E-state index contributed by atoms with van der Waals surface area (Å²) in [6, 6.07) is 27.8. The zero-order valence-electron chi connectivity index (χ0n) is 17.6. The molecule has 1 aliphatic heterocycles. The third kappa shape index (κ3) is 5.72. The number of carbonyl (C=O) groups excluding carboxylic acids is 1. The topological polar surface area (TPSA) is 67.6 Å². The molecule has 0 radical (unpaired) electrons. The summed E-state index contributed by atoms with van der Waals surface area (Å²) in [4.78, 5) is 14.5. The molecule has 1 aliphatic rings. The van der Waals surface area contributed by atoms with Gasteiger partial charge in [-0.1, -0.05) is 60.7 Å². The van der Waals surface area contributed by atoms with Crippen molar-refractivity contribution in [2.75, 3.05) is 13.1 Å². The molecule has 160 valence electrons. The highest BCUT2D eigenvalue weighted by atomic mass is 16.5. The first kappa shape index (κ1) is 21.1. The summed E-state index contributed by atoms with van der Waals surface area (Å²) in [7, 11) is 0. The Balaban J connectivity index is 1.34. The number of nitrogens with zero attached hydrogens (tertiary/aromatic N) is 1. The van der Waals surface area contributed by atoms with E-state index in [1.807, 2.05) is 60.7 Å². The van der Waals surface area contributed by atoms with Crippen molar-refractivity contribution < 1.29 is 9.53 Å². The molecule has 4 rings (SSSR count). The molecular formula is C26H29N3O2. The van der Waals surface area contributed by atoms with Crippen LogP contribution < -0.4 is 15.8 Å². The zero-order chi connectivity index (χ0) is 21.5. The summed E-state index contributed by atoms with van der Waals surface area (Å²) in [5.74, 6) is 1.21. The van der Waals surface area contributed by atoms with Crippen LogP contribution in [0.1, 0.15) is 30.0 Å². The second-order valence-corrected chi connectivity index (χ2v) is 7.97. The fourth-order valence-corrected chi connectivity index (χ4v) is 4.12. The highest BCUT2D eigenvalue weighted by Gasteiger charge is 2.29. The number of nitrogens with two attached hydrogens (primary N) is 1. The fourth-order valence-electron chi connectivity index (χ4n) is 4.12. The number of para-hydroxylation sites is 1. The average Bonchev–Trinajstić information content (AvgIpc) is 2.81. The number of piperidine rings is 1. The van der Waals surface area contributed by atoms with Crippen molar-refractivity contribution >= 4 is 5.91 Å². The summed E-state index contributed by atoms with van der Waals surface area (Å²) in [6.07, 6.45) is 1.98. The Morgan fingerprint density at radius 3 is 2.10 bits per heavy atom. The largest absolute Gasteiger partial charge is 0.457 e. The summed E-state index contributed by atoms with van der Waals surface area (Å²) >= 11 is 0. The number of likely N-dealkylation sites (tertiary alicyclic amines) is 1. The molecule has 0 aliphatic carbocycles. The predicted octanol–water partition coefficient (Wildman–Crippen LogP) is 4.26. The van der Waals surface area contributed by atoms with E-state index in [-0.39, 0.29) is 5.91 Å². The molecule has 0 aromatic heterocycles. The van der Waals surface area contributed by atoms with Gasteiger partial charge in [0.2, 0.25) is 5.91 Å². The van der Waals surface area contributed by atoms with Crippen LogP contribution in [-0.4, -0.2) is 29.9 Å². The van der Waals surface area contributed by atoms with E-state index >= 15 is 0 Å². The molecule has 3 aromatic rings. The van der Waals surface area contributed by atoms with Gasteiger partial charge in [0, 0.05) is 25.7 Å². The Morgan fingerprint density at radius 1 is 0.903 bits per heavy atom. The molecule has 1 fully saturated rings. The molecule has 1 atom stereocenters. The van der Waals surface area contributed by atoms with Crippen molar-refractivity contribution in [2.24, 2.45) is 5.73 Å². The zero-order valence-corrected chi connectivity index (χ0v) is 17.6. The van der Waals surface area contributed by atoms with E-state index in [1.165, 1.54) is 5.56 Å². The Bertz CT molecular complexity index is 953. The van der Waals surface area contributed by atoms with E-state index in [0.717, 1.165) is 49.5 Å². The van der Waals surface area contributed by atoms with Gasteiger partial charge >= 0.3 is 0 Å². The van der Waals surface area contributed by atoms with E-state index in [1.54, 1.807) is 0 Å². The van der Waals surface area contributed by atoms with E-state index in [4.69, 9.17) is 10.5 Å². The van der Waals surface area contributed by atoms with Crippen molar-refractivity contribution in [1.29, 1.82) is 0 Å². The fraction of sp³-hybridized carbons (Fsp3) is 0.269. The molecule has 1 heterocycles. The van der Waals surface area contributed by atoms with Gasteiger partial charge in [-0.2, -0.15) is 0 Å². The van der Waals surface area contributed by atoms with Crippen molar-refractivity contribution in [3.05, 3.63) is 96.1 Å². The van der Waals surface area contributed by atoms with Crippen molar-refractivity contribution in [3.63, 3.8) is 0 Å². The molecule has 3 aromatic carbocycles. The van der Waals surface area contributed by atoms with Gasteiger partial charge in [-0.3, -0.25) is 9.69 Å². The first-order chi connectivity index (χ1) is 15.2. The lowest BCUT2D eigenvalue weighted by Crippen LogP contribution is -2.46. The summed E-state index contributed by atoms with van der Waals surface area (Å²) in [5.41, 5.74) is 8.00. The predicted molar refractivity (Wildman–Crippen MR) is 123 cm³/mol. The average molecular weight is 416 g/mol. The first-order valence-electron chi connectivity index (χ1n) is 10.8. The number of benzene rings is 3. The summed E-state index contributed by atoms with van der Waals surface area (Å²) in [6.45, 7) is 2.54. The minimum Gasteiger partial charge on any atom is -0.457 e. The SMILES string of the molecule is NC(=O)C(c1ccc(Oc2ccccc2)cc1)N1CCC(NCc2ccccc2)CC1.